The second-order valence-electron chi connectivity index (χ2n) is 4.62. The summed E-state index contributed by atoms with van der Waals surface area (Å²) in [4.78, 5) is 4.45. The van der Waals surface area contributed by atoms with Gasteiger partial charge >= 0.3 is 0 Å². The van der Waals surface area contributed by atoms with Crippen molar-refractivity contribution in [2.24, 2.45) is 0 Å². The number of para-hydroxylation sites is 1. The van der Waals surface area contributed by atoms with Crippen LogP contribution in [0.5, 0.6) is 0 Å². The van der Waals surface area contributed by atoms with Crippen molar-refractivity contribution < 1.29 is 4.39 Å². The Hall–Kier alpha value is -1.00. The molecule has 2 rings (SSSR count). The summed E-state index contributed by atoms with van der Waals surface area (Å²) < 4.78 is 13.7. The van der Waals surface area contributed by atoms with E-state index in [9.17, 15) is 4.39 Å². The van der Waals surface area contributed by atoms with Gasteiger partial charge in [-0.25, -0.2) is 4.39 Å². The maximum Gasteiger partial charge on any atom is 0.146 e. The van der Waals surface area contributed by atoms with E-state index in [0.29, 0.717) is 5.69 Å². The Morgan fingerprint density at radius 3 is 2.50 bits per heavy atom. The van der Waals surface area contributed by atoms with Gasteiger partial charge in [0.2, 0.25) is 0 Å². The third kappa shape index (κ3) is 3.27. The van der Waals surface area contributed by atoms with E-state index in [4.69, 9.17) is 0 Å². The monoisotopic (exact) mass is 266 g/mol. The van der Waals surface area contributed by atoms with Crippen LogP contribution >= 0.6 is 12.6 Å². The molecule has 98 valence electrons. The molecule has 0 unspecified atom stereocenters. The number of anilines is 1. The molecule has 0 amide bonds. The van der Waals surface area contributed by atoms with Crippen molar-refractivity contribution in [3.05, 3.63) is 42.2 Å². The summed E-state index contributed by atoms with van der Waals surface area (Å²) in [6.07, 6.45) is 0. The maximum absolute atomic E-state index is 13.7. The van der Waals surface area contributed by atoms with Crippen LogP contribution < -0.4 is 4.90 Å². The summed E-state index contributed by atoms with van der Waals surface area (Å²) in [7, 11) is 0. The first kappa shape index (κ1) is 13.4. The largest absolute Gasteiger partial charge is 0.367 e. The van der Waals surface area contributed by atoms with E-state index in [1.54, 1.807) is 6.07 Å². The maximum atomic E-state index is 13.7. The molecule has 1 fully saturated rings. The van der Waals surface area contributed by atoms with E-state index >= 15 is 0 Å². The van der Waals surface area contributed by atoms with Crippen molar-refractivity contribution in [1.82, 2.24) is 4.90 Å². The quantitative estimate of drug-likeness (QED) is 0.660. The molecule has 0 aromatic heterocycles. The van der Waals surface area contributed by atoms with Crippen LogP contribution in [0.2, 0.25) is 0 Å². The highest BCUT2D eigenvalue weighted by Crippen LogP contribution is 2.20. The fraction of sp³-hybridized carbons (Fsp3) is 0.429. The SMILES string of the molecule is C=C(CS)CN1CCN(c2ccccc2F)CC1. The molecule has 1 aromatic carbocycles. The standard InChI is InChI=1S/C14H19FN2S/c1-12(11-18)10-16-6-8-17(9-7-16)14-5-3-2-4-13(14)15/h2-5,18H,1,6-11H2. The molecule has 2 nitrogen and oxygen atoms in total. The normalized spacial score (nSPS) is 16.9. The summed E-state index contributed by atoms with van der Waals surface area (Å²) in [6.45, 7) is 8.48. The van der Waals surface area contributed by atoms with E-state index in [-0.39, 0.29) is 5.82 Å². The smallest absolute Gasteiger partial charge is 0.146 e. The van der Waals surface area contributed by atoms with Gasteiger partial charge in [-0.15, -0.1) is 0 Å². The number of piperazine rings is 1. The van der Waals surface area contributed by atoms with Gasteiger partial charge in [-0.3, -0.25) is 4.90 Å². The molecule has 18 heavy (non-hydrogen) atoms. The second-order valence-corrected chi connectivity index (χ2v) is 4.94. The van der Waals surface area contributed by atoms with Crippen LogP contribution in [0.4, 0.5) is 10.1 Å². The molecule has 0 aliphatic carbocycles. The van der Waals surface area contributed by atoms with Crippen LogP contribution in [0.25, 0.3) is 0 Å². The zero-order valence-corrected chi connectivity index (χ0v) is 11.4. The predicted octanol–water partition coefficient (Wildman–Crippen LogP) is 2.43. The minimum Gasteiger partial charge on any atom is -0.367 e. The average molecular weight is 266 g/mol. The highest BCUT2D eigenvalue weighted by Gasteiger charge is 2.19. The Labute approximate surface area is 113 Å². The lowest BCUT2D eigenvalue weighted by Crippen LogP contribution is -2.47. The predicted molar refractivity (Wildman–Crippen MR) is 78.0 cm³/mol. The van der Waals surface area contributed by atoms with Crippen LogP contribution in [0.1, 0.15) is 0 Å². The lowest BCUT2D eigenvalue weighted by Gasteiger charge is -2.36. The number of thiol groups is 1. The lowest BCUT2D eigenvalue weighted by atomic mass is 10.2. The first-order chi connectivity index (χ1) is 8.70. The zero-order chi connectivity index (χ0) is 13.0. The Morgan fingerprint density at radius 1 is 1.22 bits per heavy atom. The first-order valence-electron chi connectivity index (χ1n) is 6.20. The highest BCUT2D eigenvalue weighted by atomic mass is 32.1. The van der Waals surface area contributed by atoms with Crippen LogP contribution in [0, 0.1) is 5.82 Å². The summed E-state index contributed by atoms with van der Waals surface area (Å²) in [5.74, 6) is 0.596. The Bertz CT molecular complexity index is 414. The Kier molecular flexibility index (Phi) is 4.66. The minimum absolute atomic E-state index is 0.134. The van der Waals surface area contributed by atoms with E-state index in [1.807, 2.05) is 12.1 Å². The van der Waals surface area contributed by atoms with Crippen molar-refractivity contribution in [1.29, 1.82) is 0 Å². The van der Waals surface area contributed by atoms with E-state index in [0.717, 1.165) is 44.0 Å². The molecule has 0 atom stereocenters. The molecule has 4 heteroatoms. The van der Waals surface area contributed by atoms with Crippen molar-refractivity contribution in [3.8, 4) is 0 Å². The molecule has 1 aromatic rings. The first-order valence-corrected chi connectivity index (χ1v) is 6.83. The van der Waals surface area contributed by atoms with Crippen molar-refractivity contribution in [3.63, 3.8) is 0 Å². The topological polar surface area (TPSA) is 6.48 Å². The van der Waals surface area contributed by atoms with Gasteiger partial charge in [-0.1, -0.05) is 24.3 Å². The number of halogens is 1. The molecule has 0 bridgehead atoms. The van der Waals surface area contributed by atoms with E-state index in [2.05, 4.69) is 29.0 Å². The van der Waals surface area contributed by atoms with Gasteiger partial charge in [-0.05, 0) is 12.1 Å². The fourth-order valence-corrected chi connectivity index (χ4v) is 2.32. The molecule has 0 spiro atoms. The van der Waals surface area contributed by atoms with Crippen molar-refractivity contribution in [2.75, 3.05) is 43.4 Å². The van der Waals surface area contributed by atoms with Gasteiger partial charge in [0.1, 0.15) is 5.82 Å². The average Bonchev–Trinajstić information content (AvgIpc) is 2.40. The Balaban J connectivity index is 1.91. The van der Waals surface area contributed by atoms with Gasteiger partial charge in [0, 0.05) is 38.5 Å². The third-order valence-corrected chi connectivity index (χ3v) is 3.68. The number of benzene rings is 1. The number of hydrogen-bond donors (Lipinski definition) is 1. The molecule has 1 saturated heterocycles. The molecule has 1 aliphatic rings. The van der Waals surface area contributed by atoms with Gasteiger partial charge in [-0.2, -0.15) is 12.6 Å². The Morgan fingerprint density at radius 2 is 1.89 bits per heavy atom. The fourth-order valence-electron chi connectivity index (χ4n) is 2.22. The zero-order valence-electron chi connectivity index (χ0n) is 10.5. The molecule has 1 aliphatic heterocycles. The van der Waals surface area contributed by atoms with Gasteiger partial charge < -0.3 is 4.90 Å². The molecule has 0 saturated carbocycles. The third-order valence-electron chi connectivity index (χ3n) is 3.24. The molecule has 1 heterocycles. The van der Waals surface area contributed by atoms with Crippen LogP contribution in [0.3, 0.4) is 0 Å². The summed E-state index contributed by atoms with van der Waals surface area (Å²) in [5.41, 5.74) is 1.85. The molecule has 0 N–H and O–H groups in total. The van der Waals surface area contributed by atoms with Crippen LogP contribution in [-0.2, 0) is 0 Å². The van der Waals surface area contributed by atoms with Gasteiger partial charge in [0.05, 0.1) is 5.69 Å². The van der Waals surface area contributed by atoms with Crippen LogP contribution in [-0.4, -0.2) is 43.4 Å². The minimum atomic E-state index is -0.134. The van der Waals surface area contributed by atoms with Gasteiger partial charge in [0.15, 0.2) is 0 Å². The van der Waals surface area contributed by atoms with E-state index in [1.165, 1.54) is 6.07 Å². The molecule has 0 radical (unpaired) electrons. The summed E-state index contributed by atoms with van der Waals surface area (Å²) in [5, 5.41) is 0. The number of nitrogens with zero attached hydrogens (tertiary/aromatic N) is 2. The van der Waals surface area contributed by atoms with Crippen LogP contribution in [0.15, 0.2) is 36.4 Å². The van der Waals surface area contributed by atoms with Crippen molar-refractivity contribution in [2.45, 2.75) is 0 Å². The summed E-state index contributed by atoms with van der Waals surface area (Å²) >= 11 is 4.22. The highest BCUT2D eigenvalue weighted by molar-refractivity contribution is 7.80. The molecular weight excluding hydrogens is 247 g/mol. The number of hydrogen-bond acceptors (Lipinski definition) is 3. The van der Waals surface area contributed by atoms with Crippen molar-refractivity contribution >= 4 is 18.3 Å². The summed E-state index contributed by atoms with van der Waals surface area (Å²) in [6, 6.07) is 6.97. The van der Waals surface area contributed by atoms with E-state index < -0.39 is 0 Å². The molecular formula is C14H19FN2S. The second kappa shape index (κ2) is 6.25. The number of rotatable bonds is 4. The van der Waals surface area contributed by atoms with Gasteiger partial charge in [0.25, 0.3) is 0 Å². The lowest BCUT2D eigenvalue weighted by molar-refractivity contribution is 0.278.